The highest BCUT2D eigenvalue weighted by molar-refractivity contribution is 5.87. The molecule has 0 aromatic carbocycles. The van der Waals surface area contributed by atoms with Crippen LogP contribution in [0.15, 0.2) is 0 Å². The molecule has 0 bridgehead atoms. The molecular weight excluding hydrogens is 348 g/mol. The summed E-state index contributed by atoms with van der Waals surface area (Å²) in [5.41, 5.74) is -0.364. The fraction of sp³-hybridized carbons (Fsp3) is 0.917. The fourth-order valence-corrected chi connectivity index (χ4v) is 2.07. The third-order valence-corrected chi connectivity index (χ3v) is 2.37. The van der Waals surface area contributed by atoms with Crippen molar-refractivity contribution in [2.75, 3.05) is 13.1 Å². The summed E-state index contributed by atoms with van der Waals surface area (Å²) >= 11 is 0. The topological polar surface area (TPSA) is 58.2 Å². The van der Waals surface area contributed by atoms with Gasteiger partial charge in [0.2, 0.25) is 11.8 Å². The summed E-state index contributed by atoms with van der Waals surface area (Å²) in [6, 6.07) is 0. The maximum absolute atomic E-state index is 12.0. The molecule has 0 spiro atoms. The third kappa shape index (κ3) is 39.8. The molecular formula is C24H64N2O2. The third-order valence-electron chi connectivity index (χ3n) is 2.37. The number of likely N-dealkylation sites (N-methyl/N-ethyl adjacent to an activating group) is 1. The van der Waals surface area contributed by atoms with E-state index < -0.39 is 5.41 Å². The Morgan fingerprint density at radius 2 is 1.07 bits per heavy atom. The first-order valence-corrected chi connectivity index (χ1v) is 10.5. The first-order chi connectivity index (χ1) is 12.0. The monoisotopic (exact) mass is 412 g/mol. The van der Waals surface area contributed by atoms with Crippen molar-refractivity contribution in [3.8, 4) is 0 Å². The Morgan fingerprint density at radius 3 is 1.32 bits per heavy atom. The summed E-state index contributed by atoms with van der Waals surface area (Å²) in [5, 5.41) is 5.33. The summed E-state index contributed by atoms with van der Waals surface area (Å²) in [6.07, 6.45) is 2.03. The molecule has 2 amide bonds. The zero-order valence-electron chi connectivity index (χ0n) is 20.6. The van der Waals surface area contributed by atoms with Crippen molar-refractivity contribution in [2.45, 2.75) is 125 Å². The van der Waals surface area contributed by atoms with E-state index in [4.69, 9.17) is 0 Å². The average Bonchev–Trinajstić information content (AvgIpc) is 2.57. The van der Waals surface area contributed by atoms with Gasteiger partial charge in [0.1, 0.15) is 0 Å². The lowest BCUT2D eigenvalue weighted by Gasteiger charge is -2.31. The minimum atomic E-state index is -0.454. The summed E-state index contributed by atoms with van der Waals surface area (Å²) in [4.78, 5) is 23.2. The van der Waals surface area contributed by atoms with Crippen LogP contribution in [0.2, 0.25) is 0 Å². The fourth-order valence-electron chi connectivity index (χ4n) is 2.07. The van der Waals surface area contributed by atoms with E-state index in [9.17, 15) is 9.59 Å². The Bertz CT molecular complexity index is 304. The molecule has 0 saturated carbocycles. The molecule has 0 aromatic heterocycles. The molecule has 2 N–H and O–H groups in total. The van der Waals surface area contributed by atoms with E-state index in [0.717, 1.165) is 6.42 Å². The molecule has 0 aliphatic carbocycles. The van der Waals surface area contributed by atoms with Gasteiger partial charge in [-0.3, -0.25) is 9.59 Å². The van der Waals surface area contributed by atoms with Crippen molar-refractivity contribution in [3.05, 3.63) is 0 Å². The van der Waals surface area contributed by atoms with Crippen LogP contribution >= 0.6 is 0 Å². The molecule has 4 nitrogen and oxygen atoms in total. The summed E-state index contributed by atoms with van der Waals surface area (Å²) in [6.45, 7) is 28.9. The van der Waals surface area contributed by atoms with Crippen LogP contribution in [0.5, 0.6) is 0 Å². The van der Waals surface area contributed by atoms with Gasteiger partial charge in [0.15, 0.2) is 0 Å². The van der Waals surface area contributed by atoms with Gasteiger partial charge in [0, 0.05) is 14.8 Å². The second-order valence-electron chi connectivity index (χ2n) is 6.96. The van der Waals surface area contributed by atoms with Crippen LogP contribution in [0.4, 0.5) is 0 Å². The summed E-state index contributed by atoms with van der Waals surface area (Å²) in [5.74, 6) is -0.217. The quantitative estimate of drug-likeness (QED) is 0.481. The van der Waals surface area contributed by atoms with E-state index >= 15 is 0 Å². The van der Waals surface area contributed by atoms with Crippen LogP contribution in [0.25, 0.3) is 0 Å². The molecule has 0 saturated heterocycles. The Labute approximate surface area is 184 Å². The number of hydrogen-bond donors (Lipinski definition) is 2. The van der Waals surface area contributed by atoms with Crippen molar-refractivity contribution in [2.24, 2.45) is 10.8 Å². The zero-order valence-corrected chi connectivity index (χ0v) is 20.6. The normalized spacial score (nSPS) is 8.64. The largest absolute Gasteiger partial charge is 0.355 e. The van der Waals surface area contributed by atoms with Crippen LogP contribution in [0.3, 0.4) is 0 Å². The molecule has 28 heavy (non-hydrogen) atoms. The highest BCUT2D eigenvalue weighted by atomic mass is 16.2. The van der Waals surface area contributed by atoms with Gasteiger partial charge >= 0.3 is 0 Å². The molecule has 0 heterocycles. The molecule has 182 valence electrons. The lowest BCUT2D eigenvalue weighted by Crippen LogP contribution is -2.43. The molecule has 0 rings (SSSR count). The molecule has 0 aliphatic rings. The molecule has 0 aliphatic heterocycles. The van der Waals surface area contributed by atoms with Gasteiger partial charge in [-0.1, -0.05) is 111 Å². The van der Waals surface area contributed by atoms with Gasteiger partial charge < -0.3 is 10.6 Å². The number of carbonyl (C=O) groups is 2. The van der Waals surface area contributed by atoms with E-state index in [2.05, 4.69) is 45.3 Å². The number of rotatable bonds is 5. The highest BCUT2D eigenvalue weighted by Crippen LogP contribution is 2.33. The molecule has 0 radical (unpaired) electrons. The number of carbonyl (C=O) groups excluding carboxylic acids is 2. The van der Waals surface area contributed by atoms with E-state index in [1.54, 1.807) is 0 Å². The predicted octanol–water partition coefficient (Wildman–Crippen LogP) is 7.96. The number of amides is 2. The van der Waals surface area contributed by atoms with Crippen LogP contribution in [0, 0.1) is 10.8 Å². The Morgan fingerprint density at radius 1 is 0.750 bits per heavy atom. The Kier molecular flexibility index (Phi) is 49.9. The minimum Gasteiger partial charge on any atom is -0.355 e. The van der Waals surface area contributed by atoms with Crippen LogP contribution in [-0.4, -0.2) is 24.9 Å². The first kappa shape index (κ1) is 45.6. The number of nitrogens with one attached hydrogen (secondary N) is 2. The van der Waals surface area contributed by atoms with Crippen LogP contribution in [0.1, 0.15) is 127 Å². The van der Waals surface area contributed by atoms with Gasteiger partial charge in [0.05, 0.1) is 6.54 Å². The summed E-state index contributed by atoms with van der Waals surface area (Å²) in [7, 11) is 0. The highest BCUT2D eigenvalue weighted by Gasteiger charge is 2.32. The van der Waals surface area contributed by atoms with E-state index in [1.807, 2.05) is 62.3 Å². The van der Waals surface area contributed by atoms with Gasteiger partial charge in [-0.05, 0) is 18.8 Å². The minimum absolute atomic E-state index is 0. The summed E-state index contributed by atoms with van der Waals surface area (Å²) < 4.78 is 0. The molecule has 0 atom stereocenters. The SMILES string of the molecule is C.C.CC.CC.CC.CCC.CCNC(=O)CNC(=O)C(C)(C)CC(C)(C)C.[HH].[HH]. The van der Waals surface area contributed by atoms with Crippen LogP contribution in [-0.2, 0) is 9.59 Å². The van der Waals surface area contributed by atoms with E-state index in [1.165, 1.54) is 6.42 Å². The van der Waals surface area contributed by atoms with Gasteiger partial charge in [-0.25, -0.2) is 0 Å². The smallest absolute Gasteiger partial charge is 0.239 e. The average molecular weight is 413 g/mol. The maximum atomic E-state index is 12.0. The predicted molar refractivity (Wildman–Crippen MR) is 137 cm³/mol. The maximum Gasteiger partial charge on any atom is 0.239 e. The standard InChI is InChI=1S/C13H26N2O2.C3H8.3C2H6.2CH4.2H2/c1-7-14-10(16)8-15-11(17)13(5,6)9-12(2,3)4;1-3-2;3*1-2;;;;/h7-9H2,1-6H3,(H,14,16)(H,15,17);3H2,1-2H3;3*1-2H3;2*1H4;2*1H. The number of hydrogen-bond acceptors (Lipinski definition) is 2. The van der Waals surface area contributed by atoms with Crippen molar-refractivity contribution >= 4 is 11.8 Å². The molecule has 4 heteroatoms. The van der Waals surface area contributed by atoms with Crippen LogP contribution < -0.4 is 10.6 Å². The van der Waals surface area contributed by atoms with Crippen molar-refractivity contribution in [3.63, 3.8) is 0 Å². The second kappa shape index (κ2) is 30.7. The second-order valence-corrected chi connectivity index (χ2v) is 6.96. The molecule has 0 fully saturated rings. The molecule has 0 aromatic rings. The zero-order chi connectivity index (χ0) is 22.4. The van der Waals surface area contributed by atoms with Crippen molar-refractivity contribution in [1.82, 2.24) is 10.6 Å². The Balaban J connectivity index is -0.0000000424. The Hall–Kier alpha value is -1.06. The lowest BCUT2D eigenvalue weighted by atomic mass is 9.76. The van der Waals surface area contributed by atoms with Gasteiger partial charge in [0.25, 0.3) is 0 Å². The first-order valence-electron chi connectivity index (χ1n) is 10.5. The van der Waals surface area contributed by atoms with Crippen molar-refractivity contribution < 1.29 is 12.4 Å². The van der Waals surface area contributed by atoms with Gasteiger partial charge in [-0.2, -0.15) is 0 Å². The molecule has 0 unspecified atom stereocenters. The van der Waals surface area contributed by atoms with E-state index in [0.29, 0.717) is 6.54 Å². The van der Waals surface area contributed by atoms with E-state index in [-0.39, 0.29) is 41.5 Å². The van der Waals surface area contributed by atoms with Gasteiger partial charge in [-0.15, -0.1) is 0 Å². The van der Waals surface area contributed by atoms with Crippen molar-refractivity contribution in [1.29, 1.82) is 0 Å². The lowest BCUT2D eigenvalue weighted by molar-refractivity contribution is -0.133.